The number of anilines is 1. The van der Waals surface area contributed by atoms with Crippen LogP contribution in [0.25, 0.3) is 11.4 Å². The molecule has 0 aliphatic rings. The van der Waals surface area contributed by atoms with Crippen molar-refractivity contribution in [1.82, 2.24) is 29.8 Å². The van der Waals surface area contributed by atoms with Gasteiger partial charge in [-0.05, 0) is 47.7 Å². The fourth-order valence-corrected chi connectivity index (χ4v) is 3.53. The monoisotopic (exact) mass is 475 g/mol. The van der Waals surface area contributed by atoms with Gasteiger partial charge in [-0.3, -0.25) is 4.79 Å². The molecule has 11 nitrogen and oxygen atoms in total. The molecule has 0 saturated heterocycles. The van der Waals surface area contributed by atoms with Crippen molar-refractivity contribution < 1.29 is 19.4 Å². The minimum atomic E-state index is -1.18. The van der Waals surface area contributed by atoms with E-state index in [0.717, 1.165) is 11.1 Å². The second kappa shape index (κ2) is 9.01. The summed E-state index contributed by atoms with van der Waals surface area (Å²) in [6.07, 6.45) is 4.29. The Morgan fingerprint density at radius 1 is 1.09 bits per heavy atom. The minimum absolute atomic E-state index is 0.191. The number of carbonyl (C=O) groups is 2. The largest absolute Gasteiger partial charge is 0.492 e. The summed E-state index contributed by atoms with van der Waals surface area (Å²) >= 11 is 0. The predicted molar refractivity (Wildman–Crippen MR) is 128 cm³/mol. The fourth-order valence-electron chi connectivity index (χ4n) is 3.53. The van der Waals surface area contributed by atoms with E-state index < -0.39 is 5.97 Å². The molecule has 4 aromatic rings. The Kier molecular flexibility index (Phi) is 6.08. The van der Waals surface area contributed by atoms with Crippen LogP contribution in [-0.2, 0) is 5.41 Å². The zero-order valence-corrected chi connectivity index (χ0v) is 20.0. The third-order valence-electron chi connectivity index (χ3n) is 5.48. The standard InChI is InChI=1S/C24H25N7O4/c1-14-6-7-15(8-19(14)30-11-18(23(33)34)28-29-30)22(32)27-17-9-16(24(2,3)4)10-20(21(17)35-5)31-13-25-12-26-31/h6-13H,1-5H3,(H,27,32)(H,33,34). The van der Waals surface area contributed by atoms with E-state index in [2.05, 4.69) is 46.5 Å². The van der Waals surface area contributed by atoms with Gasteiger partial charge in [-0.25, -0.2) is 19.1 Å². The average molecular weight is 476 g/mol. The van der Waals surface area contributed by atoms with E-state index in [0.29, 0.717) is 28.4 Å². The number of aromatic nitrogens is 6. The van der Waals surface area contributed by atoms with Crippen molar-refractivity contribution in [3.05, 3.63) is 71.6 Å². The molecule has 2 aromatic heterocycles. The van der Waals surface area contributed by atoms with Crippen LogP contribution in [0, 0.1) is 6.92 Å². The van der Waals surface area contributed by atoms with Gasteiger partial charge in [0.25, 0.3) is 5.91 Å². The van der Waals surface area contributed by atoms with Crippen LogP contribution in [0.4, 0.5) is 5.69 Å². The van der Waals surface area contributed by atoms with Gasteiger partial charge in [0.15, 0.2) is 11.4 Å². The van der Waals surface area contributed by atoms with Crippen molar-refractivity contribution in [3.63, 3.8) is 0 Å². The normalized spacial score (nSPS) is 11.3. The molecule has 0 aliphatic carbocycles. The van der Waals surface area contributed by atoms with Crippen LogP contribution < -0.4 is 10.1 Å². The smallest absolute Gasteiger partial charge is 0.358 e. The summed E-state index contributed by atoms with van der Waals surface area (Å²) in [5.41, 5.74) is 3.36. The summed E-state index contributed by atoms with van der Waals surface area (Å²) in [6.45, 7) is 8.04. The first-order valence-electron chi connectivity index (χ1n) is 10.7. The summed E-state index contributed by atoms with van der Waals surface area (Å²) in [7, 11) is 1.52. The number of amides is 1. The zero-order valence-electron chi connectivity index (χ0n) is 20.0. The first kappa shape index (κ1) is 23.6. The van der Waals surface area contributed by atoms with E-state index in [4.69, 9.17) is 9.84 Å². The summed E-state index contributed by atoms with van der Waals surface area (Å²) in [5.74, 6) is -1.12. The molecule has 0 radical (unpaired) electrons. The van der Waals surface area contributed by atoms with Gasteiger partial charge >= 0.3 is 5.97 Å². The molecule has 0 atom stereocenters. The number of carboxylic acids is 1. The van der Waals surface area contributed by atoms with Crippen LogP contribution in [0.15, 0.2) is 49.2 Å². The summed E-state index contributed by atoms with van der Waals surface area (Å²) < 4.78 is 8.58. The zero-order chi connectivity index (χ0) is 25.3. The summed E-state index contributed by atoms with van der Waals surface area (Å²) in [6, 6.07) is 8.90. The number of hydrogen-bond acceptors (Lipinski definition) is 7. The lowest BCUT2D eigenvalue weighted by Crippen LogP contribution is -2.17. The third-order valence-corrected chi connectivity index (χ3v) is 5.48. The molecule has 4 rings (SSSR count). The Labute approximate surface area is 201 Å². The molecule has 11 heteroatoms. The number of nitrogens with one attached hydrogen (secondary N) is 1. The van der Waals surface area contributed by atoms with Gasteiger partial charge in [0.2, 0.25) is 0 Å². The molecule has 0 bridgehead atoms. The molecule has 0 spiro atoms. The van der Waals surface area contributed by atoms with Gasteiger partial charge in [-0.1, -0.05) is 32.1 Å². The van der Waals surface area contributed by atoms with E-state index in [9.17, 15) is 9.59 Å². The maximum Gasteiger partial charge on any atom is 0.358 e. The van der Waals surface area contributed by atoms with E-state index in [1.54, 1.807) is 29.2 Å². The van der Waals surface area contributed by atoms with Crippen LogP contribution >= 0.6 is 0 Å². The Morgan fingerprint density at radius 2 is 1.86 bits per heavy atom. The Bertz CT molecular complexity index is 1400. The van der Waals surface area contributed by atoms with E-state index in [-0.39, 0.29) is 17.0 Å². The van der Waals surface area contributed by atoms with Crippen molar-refractivity contribution >= 4 is 17.6 Å². The van der Waals surface area contributed by atoms with Crippen LogP contribution in [0.2, 0.25) is 0 Å². The minimum Gasteiger partial charge on any atom is -0.492 e. The summed E-state index contributed by atoms with van der Waals surface area (Å²) in [5, 5.41) is 23.8. The molecule has 1 amide bonds. The molecule has 2 N–H and O–H groups in total. The number of hydrogen-bond donors (Lipinski definition) is 2. The lowest BCUT2D eigenvalue weighted by Gasteiger charge is -2.23. The van der Waals surface area contributed by atoms with E-state index in [1.807, 2.05) is 19.1 Å². The number of nitrogens with zero attached hydrogens (tertiary/aromatic N) is 6. The third kappa shape index (κ3) is 4.74. The van der Waals surface area contributed by atoms with Gasteiger partial charge < -0.3 is 15.2 Å². The fraction of sp³-hybridized carbons (Fsp3) is 0.250. The highest BCUT2D eigenvalue weighted by Crippen LogP contribution is 2.37. The molecule has 0 unspecified atom stereocenters. The maximum absolute atomic E-state index is 13.3. The lowest BCUT2D eigenvalue weighted by molar-refractivity contribution is 0.0690. The SMILES string of the molecule is COc1c(NC(=O)c2ccc(C)c(-n3cc(C(=O)O)nn3)c2)cc(C(C)(C)C)cc1-n1cncn1. The van der Waals surface area contributed by atoms with Gasteiger partial charge in [-0.2, -0.15) is 5.10 Å². The molecule has 2 aromatic carbocycles. The summed E-state index contributed by atoms with van der Waals surface area (Å²) in [4.78, 5) is 28.5. The van der Waals surface area contributed by atoms with Gasteiger partial charge in [0, 0.05) is 5.56 Å². The Morgan fingerprint density at radius 3 is 2.46 bits per heavy atom. The highest BCUT2D eigenvalue weighted by atomic mass is 16.5. The molecule has 2 heterocycles. The van der Waals surface area contributed by atoms with Crippen LogP contribution in [0.3, 0.4) is 0 Å². The molecule has 0 saturated carbocycles. The van der Waals surface area contributed by atoms with Crippen LogP contribution in [0.1, 0.15) is 52.7 Å². The lowest BCUT2D eigenvalue weighted by atomic mass is 9.86. The second-order valence-corrected chi connectivity index (χ2v) is 8.98. The van der Waals surface area contributed by atoms with Crippen molar-refractivity contribution in [2.75, 3.05) is 12.4 Å². The maximum atomic E-state index is 13.3. The van der Waals surface area contributed by atoms with E-state index in [1.165, 1.54) is 24.3 Å². The molecular weight excluding hydrogens is 450 g/mol. The molecule has 0 fully saturated rings. The molecule has 0 aliphatic heterocycles. The Hall–Kier alpha value is -4.54. The molecule has 180 valence electrons. The quantitative estimate of drug-likeness (QED) is 0.433. The van der Waals surface area contributed by atoms with Crippen molar-refractivity contribution in [2.24, 2.45) is 0 Å². The molecule has 35 heavy (non-hydrogen) atoms. The Balaban J connectivity index is 1.74. The van der Waals surface area contributed by atoms with Gasteiger partial charge in [-0.15, -0.1) is 5.10 Å². The van der Waals surface area contributed by atoms with Gasteiger partial charge in [0.05, 0.1) is 24.7 Å². The van der Waals surface area contributed by atoms with Crippen molar-refractivity contribution in [3.8, 4) is 17.1 Å². The van der Waals surface area contributed by atoms with Crippen LogP contribution in [0.5, 0.6) is 5.75 Å². The molecular formula is C24H25N7O4. The average Bonchev–Trinajstić information content (AvgIpc) is 3.51. The first-order chi connectivity index (χ1) is 16.6. The number of carboxylic acid groups (broad SMARTS) is 1. The second-order valence-electron chi connectivity index (χ2n) is 8.98. The number of rotatable bonds is 6. The number of ether oxygens (including phenoxy) is 1. The topological polar surface area (TPSA) is 137 Å². The predicted octanol–water partition coefficient (Wildman–Crippen LogP) is 3.41. The highest BCUT2D eigenvalue weighted by Gasteiger charge is 2.22. The van der Waals surface area contributed by atoms with Crippen molar-refractivity contribution in [2.45, 2.75) is 33.1 Å². The van der Waals surface area contributed by atoms with Crippen molar-refractivity contribution in [1.29, 1.82) is 0 Å². The highest BCUT2D eigenvalue weighted by molar-refractivity contribution is 6.06. The number of aryl methyl sites for hydroxylation is 1. The number of carbonyl (C=O) groups excluding carboxylic acids is 1. The number of aromatic carboxylic acids is 1. The van der Waals surface area contributed by atoms with Gasteiger partial charge in [0.1, 0.15) is 18.3 Å². The van der Waals surface area contributed by atoms with Crippen LogP contribution in [-0.4, -0.2) is 53.9 Å². The first-order valence-corrected chi connectivity index (χ1v) is 10.7. The number of benzene rings is 2. The number of methoxy groups -OCH3 is 1. The van der Waals surface area contributed by atoms with E-state index >= 15 is 0 Å².